The number of nitrogens with zero attached hydrogens (tertiary/aromatic N) is 2. The van der Waals surface area contributed by atoms with E-state index in [2.05, 4.69) is 18.3 Å². The summed E-state index contributed by atoms with van der Waals surface area (Å²) >= 11 is 6.23. The van der Waals surface area contributed by atoms with Crippen molar-refractivity contribution in [1.82, 2.24) is 9.97 Å². The van der Waals surface area contributed by atoms with E-state index in [0.717, 1.165) is 55.3 Å². The SMILES string of the molecule is CCCc1nc2c(c(NCCc3ccccc3Cl)n1)CCCC2. The second-order valence-electron chi connectivity index (χ2n) is 6.14. The van der Waals surface area contributed by atoms with Crippen molar-refractivity contribution in [3.8, 4) is 0 Å². The second-order valence-corrected chi connectivity index (χ2v) is 6.55. The van der Waals surface area contributed by atoms with E-state index in [-0.39, 0.29) is 0 Å². The van der Waals surface area contributed by atoms with Gasteiger partial charge in [0.2, 0.25) is 0 Å². The van der Waals surface area contributed by atoms with Gasteiger partial charge in [-0.15, -0.1) is 0 Å². The number of nitrogens with one attached hydrogen (secondary N) is 1. The lowest BCUT2D eigenvalue weighted by atomic mass is 9.96. The third-order valence-corrected chi connectivity index (χ3v) is 4.72. The lowest BCUT2D eigenvalue weighted by Gasteiger charge is -2.20. The summed E-state index contributed by atoms with van der Waals surface area (Å²) in [4.78, 5) is 9.55. The van der Waals surface area contributed by atoms with Crippen molar-refractivity contribution in [3.63, 3.8) is 0 Å². The molecule has 0 aliphatic heterocycles. The van der Waals surface area contributed by atoms with E-state index in [1.807, 2.05) is 18.2 Å². The molecule has 4 heteroatoms. The van der Waals surface area contributed by atoms with Crippen LogP contribution in [0.5, 0.6) is 0 Å². The summed E-state index contributed by atoms with van der Waals surface area (Å²) in [6, 6.07) is 8.04. The van der Waals surface area contributed by atoms with Crippen molar-refractivity contribution in [2.45, 2.75) is 51.9 Å². The zero-order valence-corrected chi connectivity index (χ0v) is 14.5. The zero-order valence-electron chi connectivity index (χ0n) is 13.7. The van der Waals surface area contributed by atoms with Crippen LogP contribution in [0.2, 0.25) is 5.02 Å². The highest BCUT2D eigenvalue weighted by atomic mass is 35.5. The van der Waals surface area contributed by atoms with Gasteiger partial charge in [0.25, 0.3) is 0 Å². The Labute approximate surface area is 143 Å². The van der Waals surface area contributed by atoms with Crippen LogP contribution in [0.4, 0.5) is 5.82 Å². The number of aromatic nitrogens is 2. The van der Waals surface area contributed by atoms with Crippen molar-refractivity contribution in [2.24, 2.45) is 0 Å². The number of rotatable bonds is 6. The smallest absolute Gasteiger partial charge is 0.133 e. The largest absolute Gasteiger partial charge is 0.369 e. The molecule has 0 radical (unpaired) electrons. The monoisotopic (exact) mass is 329 g/mol. The van der Waals surface area contributed by atoms with E-state index in [4.69, 9.17) is 21.6 Å². The van der Waals surface area contributed by atoms with Crippen molar-refractivity contribution in [1.29, 1.82) is 0 Å². The van der Waals surface area contributed by atoms with Gasteiger partial charge in [0.15, 0.2) is 0 Å². The van der Waals surface area contributed by atoms with Crippen molar-refractivity contribution in [2.75, 3.05) is 11.9 Å². The molecular formula is C19H24ClN3. The molecule has 0 fully saturated rings. The van der Waals surface area contributed by atoms with Crippen molar-refractivity contribution in [3.05, 3.63) is 51.9 Å². The fourth-order valence-electron chi connectivity index (χ4n) is 3.14. The fourth-order valence-corrected chi connectivity index (χ4v) is 3.37. The van der Waals surface area contributed by atoms with Gasteiger partial charge in [-0.05, 0) is 50.2 Å². The van der Waals surface area contributed by atoms with Gasteiger partial charge >= 0.3 is 0 Å². The van der Waals surface area contributed by atoms with Gasteiger partial charge < -0.3 is 5.32 Å². The van der Waals surface area contributed by atoms with Gasteiger partial charge in [-0.25, -0.2) is 9.97 Å². The molecule has 23 heavy (non-hydrogen) atoms. The Balaban J connectivity index is 1.73. The molecule has 1 aliphatic carbocycles. The van der Waals surface area contributed by atoms with Crippen LogP contribution in [0.1, 0.15) is 48.8 Å². The number of benzene rings is 1. The van der Waals surface area contributed by atoms with Crippen molar-refractivity contribution >= 4 is 17.4 Å². The number of halogens is 1. The molecule has 1 aromatic heterocycles. The number of hydrogen-bond donors (Lipinski definition) is 1. The Morgan fingerprint density at radius 3 is 2.74 bits per heavy atom. The first-order chi connectivity index (χ1) is 11.3. The Hall–Kier alpha value is -1.61. The number of aryl methyl sites for hydroxylation is 2. The summed E-state index contributed by atoms with van der Waals surface area (Å²) in [5.74, 6) is 2.03. The molecule has 0 amide bonds. The standard InChI is InChI=1S/C19H24ClN3/c1-2-7-18-22-17-11-6-4-9-15(17)19(23-18)21-13-12-14-8-3-5-10-16(14)20/h3,5,8,10H,2,4,6-7,9,11-13H2,1H3,(H,21,22,23). The summed E-state index contributed by atoms with van der Waals surface area (Å²) in [6.07, 6.45) is 7.60. The highest BCUT2D eigenvalue weighted by Gasteiger charge is 2.17. The molecule has 0 saturated heterocycles. The molecule has 1 aliphatic rings. The fraction of sp³-hybridized carbons (Fsp3) is 0.474. The van der Waals surface area contributed by atoms with Crippen LogP contribution in [0, 0.1) is 0 Å². The summed E-state index contributed by atoms with van der Waals surface area (Å²) in [7, 11) is 0. The Bertz CT molecular complexity index is 670. The molecular weight excluding hydrogens is 306 g/mol. The number of fused-ring (bicyclic) bond motifs is 1. The van der Waals surface area contributed by atoms with Crippen molar-refractivity contribution < 1.29 is 0 Å². The third kappa shape index (κ3) is 4.03. The molecule has 1 heterocycles. The molecule has 0 bridgehead atoms. The first kappa shape index (κ1) is 16.3. The van der Waals surface area contributed by atoms with Gasteiger partial charge in [0.05, 0.1) is 0 Å². The predicted molar refractivity (Wildman–Crippen MR) is 96.3 cm³/mol. The maximum atomic E-state index is 6.23. The minimum absolute atomic E-state index is 0.839. The van der Waals surface area contributed by atoms with Crippen LogP contribution in [0.15, 0.2) is 24.3 Å². The van der Waals surface area contributed by atoms with Gasteiger partial charge in [0, 0.05) is 29.2 Å². The predicted octanol–water partition coefficient (Wildman–Crippen LogP) is 4.62. The Morgan fingerprint density at radius 2 is 1.91 bits per heavy atom. The van der Waals surface area contributed by atoms with E-state index < -0.39 is 0 Å². The Kier molecular flexibility index (Phi) is 5.50. The minimum atomic E-state index is 0.839. The van der Waals surface area contributed by atoms with Gasteiger partial charge in [-0.3, -0.25) is 0 Å². The summed E-state index contributed by atoms with van der Waals surface area (Å²) in [5.41, 5.74) is 3.77. The summed E-state index contributed by atoms with van der Waals surface area (Å²) < 4.78 is 0. The van der Waals surface area contributed by atoms with Crippen LogP contribution >= 0.6 is 11.6 Å². The van der Waals surface area contributed by atoms with E-state index in [0.29, 0.717) is 0 Å². The summed E-state index contributed by atoms with van der Waals surface area (Å²) in [6.45, 7) is 3.02. The maximum Gasteiger partial charge on any atom is 0.133 e. The lowest BCUT2D eigenvalue weighted by molar-refractivity contribution is 0.652. The van der Waals surface area contributed by atoms with Crippen LogP contribution in [0.25, 0.3) is 0 Å². The molecule has 1 aromatic carbocycles. The molecule has 0 unspecified atom stereocenters. The minimum Gasteiger partial charge on any atom is -0.369 e. The van der Waals surface area contributed by atoms with E-state index in [1.165, 1.54) is 29.7 Å². The van der Waals surface area contributed by atoms with Crippen LogP contribution in [-0.2, 0) is 25.7 Å². The van der Waals surface area contributed by atoms with E-state index in [1.54, 1.807) is 0 Å². The highest BCUT2D eigenvalue weighted by molar-refractivity contribution is 6.31. The zero-order chi connectivity index (χ0) is 16.1. The molecule has 0 atom stereocenters. The van der Waals surface area contributed by atoms with E-state index in [9.17, 15) is 0 Å². The average molecular weight is 330 g/mol. The Morgan fingerprint density at radius 1 is 1.09 bits per heavy atom. The van der Waals surface area contributed by atoms with Gasteiger partial charge in [-0.1, -0.05) is 36.7 Å². The molecule has 2 aromatic rings. The number of anilines is 1. The van der Waals surface area contributed by atoms with Gasteiger partial charge in [0.1, 0.15) is 11.6 Å². The third-order valence-electron chi connectivity index (χ3n) is 4.35. The van der Waals surface area contributed by atoms with Crippen LogP contribution in [0.3, 0.4) is 0 Å². The average Bonchev–Trinajstić information content (AvgIpc) is 2.57. The van der Waals surface area contributed by atoms with Gasteiger partial charge in [-0.2, -0.15) is 0 Å². The number of hydrogen-bond acceptors (Lipinski definition) is 3. The first-order valence-corrected chi connectivity index (χ1v) is 9.01. The quantitative estimate of drug-likeness (QED) is 0.840. The molecule has 3 rings (SSSR count). The molecule has 0 saturated carbocycles. The normalized spacial score (nSPS) is 13.7. The lowest BCUT2D eigenvalue weighted by Crippen LogP contribution is -2.16. The molecule has 3 nitrogen and oxygen atoms in total. The highest BCUT2D eigenvalue weighted by Crippen LogP contribution is 2.26. The van der Waals surface area contributed by atoms with Crippen LogP contribution in [-0.4, -0.2) is 16.5 Å². The van der Waals surface area contributed by atoms with E-state index >= 15 is 0 Å². The first-order valence-electron chi connectivity index (χ1n) is 8.64. The summed E-state index contributed by atoms with van der Waals surface area (Å²) in [5, 5.41) is 4.38. The molecule has 122 valence electrons. The van der Waals surface area contributed by atoms with Crippen LogP contribution < -0.4 is 5.32 Å². The molecule has 0 spiro atoms. The second kappa shape index (κ2) is 7.78. The molecule has 1 N–H and O–H groups in total. The topological polar surface area (TPSA) is 37.8 Å². The maximum absolute atomic E-state index is 6.23.